The summed E-state index contributed by atoms with van der Waals surface area (Å²) in [6, 6.07) is 0.497. The summed E-state index contributed by atoms with van der Waals surface area (Å²) in [4.78, 5) is 14.3. The lowest BCUT2D eigenvalue weighted by Crippen LogP contribution is -2.39. The van der Waals surface area contributed by atoms with Gasteiger partial charge in [0.15, 0.2) is 0 Å². The molecular formula is C15H28N2O2. The zero-order chi connectivity index (χ0) is 13.5. The third-order valence-corrected chi connectivity index (χ3v) is 4.38. The maximum atomic E-state index is 12.2. The van der Waals surface area contributed by atoms with E-state index in [-0.39, 0.29) is 5.91 Å². The Balaban J connectivity index is 1.67. The first-order chi connectivity index (χ1) is 9.31. The summed E-state index contributed by atoms with van der Waals surface area (Å²) in [6.07, 6.45) is 8.00. The summed E-state index contributed by atoms with van der Waals surface area (Å²) in [5.41, 5.74) is 0. The first-order valence-corrected chi connectivity index (χ1v) is 7.93. The molecule has 1 amide bonds. The monoisotopic (exact) mass is 268 g/mol. The number of carbonyl (C=O) groups is 1. The van der Waals surface area contributed by atoms with Crippen LogP contribution in [-0.2, 0) is 9.53 Å². The van der Waals surface area contributed by atoms with Crippen molar-refractivity contribution < 1.29 is 9.53 Å². The standard InChI is InChI=1S/C15H28N2O2/c1-2-17(13-5-3-4-6-13)15(18)9-12-19-14-7-10-16-11-8-14/h13-14,16H,2-12H2,1H3. The molecular weight excluding hydrogens is 240 g/mol. The van der Waals surface area contributed by atoms with Gasteiger partial charge in [-0.3, -0.25) is 4.79 Å². The SMILES string of the molecule is CCN(C(=O)CCOC1CCNCC1)C1CCCC1. The largest absolute Gasteiger partial charge is 0.378 e. The van der Waals surface area contributed by atoms with E-state index >= 15 is 0 Å². The van der Waals surface area contributed by atoms with Gasteiger partial charge in [-0.2, -0.15) is 0 Å². The minimum atomic E-state index is 0.281. The van der Waals surface area contributed by atoms with Crippen LogP contribution >= 0.6 is 0 Å². The molecule has 1 heterocycles. The molecule has 0 radical (unpaired) electrons. The molecule has 1 saturated carbocycles. The molecule has 0 unspecified atom stereocenters. The van der Waals surface area contributed by atoms with Gasteiger partial charge in [-0.1, -0.05) is 12.8 Å². The summed E-state index contributed by atoms with van der Waals surface area (Å²) in [5.74, 6) is 0.281. The molecule has 2 fully saturated rings. The van der Waals surface area contributed by atoms with E-state index in [4.69, 9.17) is 4.74 Å². The normalized spacial score (nSPS) is 21.7. The third-order valence-electron chi connectivity index (χ3n) is 4.38. The molecule has 0 aromatic rings. The molecule has 1 saturated heterocycles. The van der Waals surface area contributed by atoms with Gasteiger partial charge in [0.25, 0.3) is 0 Å². The Morgan fingerprint density at radius 2 is 1.89 bits per heavy atom. The Morgan fingerprint density at radius 1 is 1.21 bits per heavy atom. The zero-order valence-corrected chi connectivity index (χ0v) is 12.2. The summed E-state index contributed by atoms with van der Waals surface area (Å²) in [7, 11) is 0. The Morgan fingerprint density at radius 3 is 2.53 bits per heavy atom. The van der Waals surface area contributed by atoms with E-state index in [1.807, 2.05) is 0 Å². The lowest BCUT2D eigenvalue weighted by Gasteiger charge is -2.28. The number of piperidine rings is 1. The average Bonchev–Trinajstić information content (AvgIpc) is 2.95. The van der Waals surface area contributed by atoms with Crippen LogP contribution in [-0.4, -0.2) is 49.2 Å². The minimum absolute atomic E-state index is 0.281. The molecule has 1 N–H and O–H groups in total. The zero-order valence-electron chi connectivity index (χ0n) is 12.2. The number of rotatable bonds is 6. The number of amides is 1. The predicted molar refractivity (Wildman–Crippen MR) is 76.1 cm³/mol. The molecule has 0 spiro atoms. The Kier molecular flexibility index (Phi) is 6.11. The van der Waals surface area contributed by atoms with Crippen molar-refractivity contribution in [2.45, 2.75) is 64.0 Å². The fraction of sp³-hybridized carbons (Fsp3) is 0.933. The summed E-state index contributed by atoms with van der Waals surface area (Å²) < 4.78 is 5.82. The van der Waals surface area contributed by atoms with Gasteiger partial charge in [0, 0.05) is 12.6 Å². The highest BCUT2D eigenvalue weighted by Gasteiger charge is 2.25. The van der Waals surface area contributed by atoms with Gasteiger partial charge in [0.2, 0.25) is 5.91 Å². The van der Waals surface area contributed by atoms with Crippen LogP contribution in [0.2, 0.25) is 0 Å². The van der Waals surface area contributed by atoms with Crippen molar-refractivity contribution in [3.05, 3.63) is 0 Å². The highest BCUT2D eigenvalue weighted by molar-refractivity contribution is 5.76. The smallest absolute Gasteiger partial charge is 0.225 e. The molecule has 1 aliphatic heterocycles. The van der Waals surface area contributed by atoms with Gasteiger partial charge in [-0.15, -0.1) is 0 Å². The maximum Gasteiger partial charge on any atom is 0.225 e. The second-order valence-corrected chi connectivity index (χ2v) is 5.69. The molecule has 19 heavy (non-hydrogen) atoms. The van der Waals surface area contributed by atoms with Crippen LogP contribution in [0.25, 0.3) is 0 Å². The molecule has 110 valence electrons. The fourth-order valence-electron chi connectivity index (χ4n) is 3.27. The summed E-state index contributed by atoms with van der Waals surface area (Å²) in [6.45, 7) is 5.61. The average molecular weight is 268 g/mol. The van der Waals surface area contributed by atoms with E-state index in [2.05, 4.69) is 17.1 Å². The van der Waals surface area contributed by atoms with Crippen molar-refractivity contribution in [1.29, 1.82) is 0 Å². The van der Waals surface area contributed by atoms with Crippen LogP contribution in [0.15, 0.2) is 0 Å². The van der Waals surface area contributed by atoms with Crippen molar-refractivity contribution in [3.8, 4) is 0 Å². The lowest BCUT2D eigenvalue weighted by atomic mass is 10.1. The van der Waals surface area contributed by atoms with Crippen molar-refractivity contribution in [1.82, 2.24) is 10.2 Å². The first-order valence-electron chi connectivity index (χ1n) is 7.93. The molecule has 1 aliphatic carbocycles. The molecule has 4 heteroatoms. The van der Waals surface area contributed by atoms with Crippen LogP contribution in [0.5, 0.6) is 0 Å². The van der Waals surface area contributed by atoms with E-state index in [0.29, 0.717) is 25.2 Å². The summed E-state index contributed by atoms with van der Waals surface area (Å²) in [5, 5.41) is 3.32. The van der Waals surface area contributed by atoms with Crippen molar-refractivity contribution in [2.24, 2.45) is 0 Å². The first kappa shape index (κ1) is 14.8. The van der Waals surface area contributed by atoms with Gasteiger partial charge in [0.1, 0.15) is 0 Å². The molecule has 2 rings (SSSR count). The second-order valence-electron chi connectivity index (χ2n) is 5.69. The Hall–Kier alpha value is -0.610. The number of nitrogens with one attached hydrogen (secondary N) is 1. The van der Waals surface area contributed by atoms with Gasteiger partial charge in [0.05, 0.1) is 19.1 Å². The van der Waals surface area contributed by atoms with Crippen molar-refractivity contribution in [3.63, 3.8) is 0 Å². The molecule has 0 aromatic carbocycles. The Labute approximate surface area is 116 Å². The van der Waals surface area contributed by atoms with Gasteiger partial charge in [-0.25, -0.2) is 0 Å². The highest BCUT2D eigenvalue weighted by atomic mass is 16.5. The van der Waals surface area contributed by atoms with Crippen molar-refractivity contribution >= 4 is 5.91 Å². The molecule has 0 atom stereocenters. The van der Waals surface area contributed by atoms with Gasteiger partial charge in [-0.05, 0) is 45.7 Å². The van der Waals surface area contributed by atoms with Crippen LogP contribution in [0.1, 0.15) is 51.9 Å². The molecule has 2 aliphatic rings. The van der Waals surface area contributed by atoms with Crippen molar-refractivity contribution in [2.75, 3.05) is 26.2 Å². The second kappa shape index (κ2) is 7.85. The van der Waals surface area contributed by atoms with Gasteiger partial charge < -0.3 is 15.0 Å². The summed E-state index contributed by atoms with van der Waals surface area (Å²) >= 11 is 0. The Bertz CT molecular complexity index is 271. The maximum absolute atomic E-state index is 12.2. The number of ether oxygens (including phenoxy) is 1. The van der Waals surface area contributed by atoms with Crippen LogP contribution in [0, 0.1) is 0 Å². The fourth-order valence-corrected chi connectivity index (χ4v) is 3.27. The van der Waals surface area contributed by atoms with Crippen LogP contribution in [0.4, 0.5) is 0 Å². The van der Waals surface area contributed by atoms with E-state index in [0.717, 1.165) is 32.5 Å². The number of hydrogen-bond donors (Lipinski definition) is 1. The van der Waals surface area contributed by atoms with E-state index in [1.54, 1.807) is 0 Å². The number of nitrogens with zero attached hydrogens (tertiary/aromatic N) is 1. The van der Waals surface area contributed by atoms with E-state index < -0.39 is 0 Å². The highest BCUT2D eigenvalue weighted by Crippen LogP contribution is 2.23. The molecule has 0 aromatic heterocycles. The molecule has 0 bridgehead atoms. The topological polar surface area (TPSA) is 41.6 Å². The lowest BCUT2D eigenvalue weighted by molar-refractivity contribution is -0.134. The van der Waals surface area contributed by atoms with Gasteiger partial charge >= 0.3 is 0 Å². The minimum Gasteiger partial charge on any atom is -0.378 e. The number of carbonyl (C=O) groups excluding carboxylic acids is 1. The third kappa shape index (κ3) is 4.46. The van der Waals surface area contributed by atoms with E-state index in [1.165, 1.54) is 25.7 Å². The predicted octanol–water partition coefficient (Wildman–Crippen LogP) is 1.94. The quantitative estimate of drug-likeness (QED) is 0.800. The van der Waals surface area contributed by atoms with E-state index in [9.17, 15) is 4.79 Å². The molecule has 4 nitrogen and oxygen atoms in total. The van der Waals surface area contributed by atoms with Crippen LogP contribution in [0.3, 0.4) is 0 Å². The number of hydrogen-bond acceptors (Lipinski definition) is 3. The van der Waals surface area contributed by atoms with Crippen LogP contribution < -0.4 is 5.32 Å².